The van der Waals surface area contributed by atoms with E-state index in [9.17, 15) is 4.79 Å². The van der Waals surface area contributed by atoms with E-state index in [4.69, 9.17) is 9.26 Å². The number of carbonyl (C=O) groups excluding carboxylic acids is 1. The third kappa shape index (κ3) is 3.12. The number of hydrogen-bond acceptors (Lipinski definition) is 5. The Morgan fingerprint density at radius 3 is 2.62 bits per heavy atom. The van der Waals surface area contributed by atoms with Crippen LogP contribution in [0, 0.1) is 12.8 Å². The molecule has 1 atom stereocenters. The summed E-state index contributed by atoms with van der Waals surface area (Å²) in [5.41, 5.74) is 1.84. The van der Waals surface area contributed by atoms with Crippen molar-refractivity contribution in [2.45, 2.75) is 33.6 Å². The van der Waals surface area contributed by atoms with Gasteiger partial charge in [-0.05, 0) is 37.5 Å². The summed E-state index contributed by atoms with van der Waals surface area (Å²) in [5.74, 6) is 1.24. The molecule has 2 rings (SSSR count). The molecule has 0 radical (unpaired) electrons. The number of Topliss-reactive ketones (excluding diaryl/α,β-unsaturated/α-hetero) is 1. The summed E-state index contributed by atoms with van der Waals surface area (Å²) in [6, 6.07) is 5.76. The Kier molecular flexibility index (Phi) is 4.40. The van der Waals surface area contributed by atoms with E-state index < -0.39 is 0 Å². The number of hydrogen-bond donors (Lipinski definition) is 0. The second-order valence-electron chi connectivity index (χ2n) is 5.49. The van der Waals surface area contributed by atoms with Crippen LogP contribution >= 0.6 is 0 Å². The van der Waals surface area contributed by atoms with Gasteiger partial charge in [-0.15, -0.1) is 0 Å². The number of carbonyl (C=O) groups is 1. The lowest BCUT2D eigenvalue weighted by molar-refractivity contribution is -0.119. The molecule has 0 spiro atoms. The Labute approximate surface area is 124 Å². The fraction of sp³-hybridized carbons (Fsp3) is 0.438. The number of ether oxygens (including phenoxy) is 1. The Balaban J connectivity index is 2.42. The minimum absolute atomic E-state index is 0.0241. The molecule has 0 N–H and O–H groups in total. The number of methoxy groups -OCH3 is 1. The van der Waals surface area contributed by atoms with Gasteiger partial charge in [0.15, 0.2) is 0 Å². The molecule has 1 heterocycles. The van der Waals surface area contributed by atoms with Gasteiger partial charge < -0.3 is 9.26 Å². The molecule has 0 fully saturated rings. The molecule has 1 aromatic heterocycles. The summed E-state index contributed by atoms with van der Waals surface area (Å²) < 4.78 is 10.7. The predicted octanol–water partition coefficient (Wildman–Crippen LogP) is 3.38. The average Bonchev–Trinajstić information content (AvgIpc) is 2.86. The predicted molar refractivity (Wildman–Crippen MR) is 79.3 cm³/mol. The highest BCUT2D eigenvalue weighted by Gasteiger charge is 2.27. The highest BCUT2D eigenvalue weighted by atomic mass is 16.5. The van der Waals surface area contributed by atoms with E-state index in [1.165, 1.54) is 0 Å². The highest BCUT2D eigenvalue weighted by molar-refractivity contribution is 5.82. The first-order valence-corrected chi connectivity index (χ1v) is 6.93. The molecule has 1 unspecified atom stereocenters. The third-order valence-electron chi connectivity index (χ3n) is 3.41. The molecular formula is C16H20N2O3. The molecule has 5 heteroatoms. The second-order valence-corrected chi connectivity index (χ2v) is 5.49. The van der Waals surface area contributed by atoms with Crippen LogP contribution < -0.4 is 4.74 Å². The van der Waals surface area contributed by atoms with E-state index in [1.54, 1.807) is 14.0 Å². The molecule has 0 aliphatic heterocycles. The normalized spacial score (nSPS) is 12.5. The van der Waals surface area contributed by atoms with Gasteiger partial charge in [-0.3, -0.25) is 4.79 Å². The zero-order valence-electron chi connectivity index (χ0n) is 13.0. The maximum Gasteiger partial charge on any atom is 0.237 e. The summed E-state index contributed by atoms with van der Waals surface area (Å²) in [5, 5.41) is 3.99. The summed E-state index contributed by atoms with van der Waals surface area (Å²) in [4.78, 5) is 16.1. The van der Waals surface area contributed by atoms with Crippen LogP contribution in [0.15, 0.2) is 22.7 Å². The Morgan fingerprint density at radius 2 is 2.05 bits per heavy atom. The number of aromatic nitrogens is 2. The van der Waals surface area contributed by atoms with Crippen molar-refractivity contribution in [2.24, 2.45) is 5.92 Å². The fourth-order valence-electron chi connectivity index (χ4n) is 2.38. The average molecular weight is 288 g/mol. The molecule has 0 aliphatic rings. The first-order chi connectivity index (χ1) is 9.93. The zero-order valence-corrected chi connectivity index (χ0v) is 13.0. The van der Waals surface area contributed by atoms with Crippen molar-refractivity contribution in [3.8, 4) is 17.1 Å². The van der Waals surface area contributed by atoms with Gasteiger partial charge >= 0.3 is 0 Å². The molecule has 0 saturated carbocycles. The molecule has 21 heavy (non-hydrogen) atoms. The van der Waals surface area contributed by atoms with Crippen LogP contribution in [-0.2, 0) is 4.79 Å². The van der Waals surface area contributed by atoms with Gasteiger partial charge in [-0.25, -0.2) is 0 Å². The molecule has 112 valence electrons. The fourth-order valence-corrected chi connectivity index (χ4v) is 2.38. The lowest BCUT2D eigenvalue weighted by Gasteiger charge is -2.12. The number of nitrogens with zero attached hydrogens (tertiary/aromatic N) is 2. The molecule has 5 nitrogen and oxygen atoms in total. The highest BCUT2D eigenvalue weighted by Crippen LogP contribution is 2.31. The van der Waals surface area contributed by atoms with Gasteiger partial charge in [0.25, 0.3) is 0 Å². The van der Waals surface area contributed by atoms with Crippen LogP contribution in [-0.4, -0.2) is 23.0 Å². The molecule has 2 aromatic rings. The summed E-state index contributed by atoms with van der Waals surface area (Å²) in [6.45, 7) is 7.45. The van der Waals surface area contributed by atoms with E-state index in [0.717, 1.165) is 11.1 Å². The van der Waals surface area contributed by atoms with Gasteiger partial charge in [0.2, 0.25) is 11.7 Å². The number of rotatable bonds is 5. The van der Waals surface area contributed by atoms with Crippen molar-refractivity contribution in [2.75, 3.05) is 7.11 Å². The van der Waals surface area contributed by atoms with Crippen LogP contribution in [0.3, 0.4) is 0 Å². The van der Waals surface area contributed by atoms with E-state index >= 15 is 0 Å². The molecule has 0 saturated heterocycles. The van der Waals surface area contributed by atoms with Gasteiger partial charge in [0.05, 0.1) is 18.6 Å². The van der Waals surface area contributed by atoms with Gasteiger partial charge in [0, 0.05) is 0 Å². The Morgan fingerprint density at radius 1 is 1.33 bits per heavy atom. The number of aryl methyl sites for hydroxylation is 1. The van der Waals surface area contributed by atoms with Crippen molar-refractivity contribution >= 4 is 5.78 Å². The monoisotopic (exact) mass is 288 g/mol. The van der Waals surface area contributed by atoms with Gasteiger partial charge in [-0.2, -0.15) is 4.98 Å². The minimum Gasteiger partial charge on any atom is -0.496 e. The maximum atomic E-state index is 11.7. The van der Waals surface area contributed by atoms with Crippen LogP contribution in [0.25, 0.3) is 11.4 Å². The molecule has 1 aromatic carbocycles. The Hall–Kier alpha value is -2.17. The topological polar surface area (TPSA) is 65.2 Å². The standard InChI is InChI=1S/C16H20N2O3/c1-9(2)14(11(4)19)16-17-15(18-21-16)12-7-6-10(3)8-13(12)20-5/h6-9,14H,1-5H3. The van der Waals surface area contributed by atoms with Crippen LogP contribution in [0.5, 0.6) is 5.75 Å². The molecule has 0 aliphatic carbocycles. The number of ketones is 1. The van der Waals surface area contributed by atoms with Gasteiger partial charge in [-0.1, -0.05) is 25.1 Å². The van der Waals surface area contributed by atoms with Crippen LogP contribution in [0.4, 0.5) is 0 Å². The van der Waals surface area contributed by atoms with Crippen LogP contribution in [0.2, 0.25) is 0 Å². The van der Waals surface area contributed by atoms with E-state index in [2.05, 4.69) is 10.1 Å². The van der Waals surface area contributed by atoms with Crippen molar-refractivity contribution in [1.82, 2.24) is 10.1 Å². The van der Waals surface area contributed by atoms with E-state index in [1.807, 2.05) is 39.0 Å². The van der Waals surface area contributed by atoms with Gasteiger partial charge in [0.1, 0.15) is 11.5 Å². The molecule has 0 bridgehead atoms. The van der Waals surface area contributed by atoms with Crippen molar-refractivity contribution in [1.29, 1.82) is 0 Å². The van der Waals surface area contributed by atoms with E-state index in [-0.39, 0.29) is 17.6 Å². The molecule has 0 amide bonds. The quantitative estimate of drug-likeness (QED) is 0.843. The van der Waals surface area contributed by atoms with Crippen molar-refractivity contribution < 1.29 is 14.1 Å². The number of benzene rings is 1. The largest absolute Gasteiger partial charge is 0.496 e. The minimum atomic E-state index is -0.373. The SMILES string of the molecule is COc1cc(C)ccc1-c1noc(C(C(C)=O)C(C)C)n1. The summed E-state index contributed by atoms with van der Waals surface area (Å²) >= 11 is 0. The lowest BCUT2D eigenvalue weighted by atomic mass is 9.92. The van der Waals surface area contributed by atoms with Crippen molar-refractivity contribution in [3.63, 3.8) is 0 Å². The first kappa shape index (κ1) is 15.2. The maximum absolute atomic E-state index is 11.7. The zero-order chi connectivity index (χ0) is 15.6. The van der Waals surface area contributed by atoms with Crippen LogP contribution in [0.1, 0.15) is 38.1 Å². The first-order valence-electron chi connectivity index (χ1n) is 6.93. The molecular weight excluding hydrogens is 268 g/mol. The van der Waals surface area contributed by atoms with Crippen molar-refractivity contribution in [3.05, 3.63) is 29.7 Å². The second kappa shape index (κ2) is 6.08. The third-order valence-corrected chi connectivity index (χ3v) is 3.41. The summed E-state index contributed by atoms with van der Waals surface area (Å²) in [6.07, 6.45) is 0. The smallest absolute Gasteiger partial charge is 0.237 e. The Bertz CT molecular complexity index is 647. The summed E-state index contributed by atoms with van der Waals surface area (Å²) in [7, 11) is 1.60. The lowest BCUT2D eigenvalue weighted by Crippen LogP contribution is -2.15. The van der Waals surface area contributed by atoms with E-state index in [0.29, 0.717) is 17.5 Å².